The average Bonchev–Trinajstić information content (AvgIpc) is 3.03. The molecule has 0 bridgehead atoms. The monoisotopic (exact) mass is 707 g/mol. The zero-order chi connectivity index (χ0) is 35.6. The summed E-state index contributed by atoms with van der Waals surface area (Å²) in [5.74, 6) is -0.312. The summed E-state index contributed by atoms with van der Waals surface area (Å²) in [6, 6.07) is 0. The van der Waals surface area contributed by atoms with Crippen LogP contribution in [0.4, 0.5) is 0 Å². The van der Waals surface area contributed by atoms with Gasteiger partial charge in [0.1, 0.15) is 19.3 Å². The van der Waals surface area contributed by atoms with Crippen molar-refractivity contribution in [3.05, 3.63) is 0 Å². The number of rotatable bonds is 38. The van der Waals surface area contributed by atoms with Crippen molar-refractivity contribution in [3.63, 3.8) is 0 Å². The number of phosphoric ester groups is 1. The SMILES string of the molecule is CCCCCCCCCCCCCCCCCCOC[C@H](COP(=O)(O)OCC[N+](C)(C)C)OC(=O)CCCCCCCCCCCC. The van der Waals surface area contributed by atoms with Gasteiger partial charge in [-0.1, -0.05) is 168 Å². The van der Waals surface area contributed by atoms with Crippen LogP contribution in [0, 0.1) is 0 Å². The van der Waals surface area contributed by atoms with Gasteiger partial charge >= 0.3 is 13.8 Å². The van der Waals surface area contributed by atoms with Crippen molar-refractivity contribution >= 4 is 13.8 Å². The van der Waals surface area contributed by atoms with E-state index in [-0.39, 0.29) is 25.8 Å². The highest BCUT2D eigenvalue weighted by molar-refractivity contribution is 7.47. The first kappa shape index (κ1) is 47.5. The van der Waals surface area contributed by atoms with Gasteiger partial charge in [0.05, 0.1) is 34.4 Å². The fraction of sp³-hybridized carbons (Fsp3) is 0.974. The summed E-state index contributed by atoms with van der Waals surface area (Å²) in [6.07, 6.45) is 32.7. The molecule has 0 aliphatic rings. The Morgan fingerprint density at radius 2 is 0.958 bits per heavy atom. The van der Waals surface area contributed by atoms with Crippen LogP contribution in [0.1, 0.15) is 187 Å². The summed E-state index contributed by atoms with van der Waals surface area (Å²) >= 11 is 0. The Balaban J connectivity index is 4.19. The molecule has 0 radical (unpaired) electrons. The second-order valence-corrected chi connectivity index (χ2v) is 16.5. The molecule has 0 fully saturated rings. The van der Waals surface area contributed by atoms with Crippen molar-refractivity contribution < 1.29 is 37.3 Å². The van der Waals surface area contributed by atoms with E-state index < -0.39 is 13.9 Å². The van der Waals surface area contributed by atoms with Crippen LogP contribution in [0.2, 0.25) is 0 Å². The van der Waals surface area contributed by atoms with Gasteiger partial charge in [-0.05, 0) is 12.8 Å². The molecular formula is C39H81NO7P+. The molecule has 0 rings (SSSR count). The fourth-order valence-electron chi connectivity index (χ4n) is 5.73. The lowest BCUT2D eigenvalue weighted by Gasteiger charge is -2.24. The molecule has 0 heterocycles. The lowest BCUT2D eigenvalue weighted by Crippen LogP contribution is -2.37. The van der Waals surface area contributed by atoms with E-state index in [1.54, 1.807) is 0 Å². The number of carbonyl (C=O) groups is 1. The van der Waals surface area contributed by atoms with Gasteiger partial charge in [0, 0.05) is 13.0 Å². The molecule has 48 heavy (non-hydrogen) atoms. The third kappa shape index (κ3) is 36.8. The summed E-state index contributed by atoms with van der Waals surface area (Å²) < 4.78 is 34.9. The van der Waals surface area contributed by atoms with E-state index in [0.717, 1.165) is 32.1 Å². The number of likely N-dealkylation sites (N-methyl/N-ethyl adjacent to an activating group) is 1. The van der Waals surface area contributed by atoms with Crippen LogP contribution in [0.5, 0.6) is 0 Å². The van der Waals surface area contributed by atoms with Gasteiger partial charge in [0.25, 0.3) is 0 Å². The van der Waals surface area contributed by atoms with Gasteiger partial charge < -0.3 is 18.9 Å². The molecule has 1 N–H and O–H groups in total. The van der Waals surface area contributed by atoms with Gasteiger partial charge in [-0.3, -0.25) is 13.8 Å². The van der Waals surface area contributed by atoms with E-state index in [2.05, 4.69) is 13.8 Å². The van der Waals surface area contributed by atoms with Crippen LogP contribution in [-0.2, 0) is 27.9 Å². The molecule has 8 nitrogen and oxygen atoms in total. The quantitative estimate of drug-likeness (QED) is 0.0296. The van der Waals surface area contributed by atoms with Gasteiger partial charge in [-0.2, -0.15) is 0 Å². The minimum atomic E-state index is -4.26. The fourth-order valence-corrected chi connectivity index (χ4v) is 6.47. The highest BCUT2D eigenvalue weighted by Crippen LogP contribution is 2.43. The number of carbonyl (C=O) groups excluding carboxylic acids is 1. The maximum Gasteiger partial charge on any atom is 0.472 e. The number of hydrogen-bond donors (Lipinski definition) is 1. The number of unbranched alkanes of at least 4 members (excludes halogenated alkanes) is 24. The minimum absolute atomic E-state index is 0.0935. The Morgan fingerprint density at radius 1 is 0.562 bits per heavy atom. The lowest BCUT2D eigenvalue weighted by atomic mass is 10.0. The van der Waals surface area contributed by atoms with Crippen molar-refractivity contribution in [2.75, 3.05) is 54.1 Å². The first-order valence-electron chi connectivity index (χ1n) is 20.3. The number of ether oxygens (including phenoxy) is 2. The molecule has 9 heteroatoms. The Morgan fingerprint density at radius 3 is 1.38 bits per heavy atom. The van der Waals surface area contributed by atoms with Crippen molar-refractivity contribution in [1.29, 1.82) is 0 Å². The number of hydrogen-bond acceptors (Lipinski definition) is 6. The second kappa shape index (κ2) is 33.6. The van der Waals surface area contributed by atoms with Crippen LogP contribution in [0.25, 0.3) is 0 Å². The van der Waals surface area contributed by atoms with Crippen LogP contribution in [-0.4, -0.2) is 75.6 Å². The lowest BCUT2D eigenvalue weighted by molar-refractivity contribution is -0.870. The van der Waals surface area contributed by atoms with Gasteiger partial charge in [0.15, 0.2) is 0 Å². The van der Waals surface area contributed by atoms with Crippen molar-refractivity contribution in [1.82, 2.24) is 0 Å². The summed E-state index contributed by atoms with van der Waals surface area (Å²) in [7, 11) is 1.68. The van der Waals surface area contributed by atoms with Gasteiger partial charge in [-0.25, -0.2) is 4.57 Å². The third-order valence-electron chi connectivity index (χ3n) is 8.92. The maximum atomic E-state index is 12.6. The van der Waals surface area contributed by atoms with E-state index in [1.165, 1.54) is 135 Å². The molecule has 2 atom stereocenters. The van der Waals surface area contributed by atoms with Crippen LogP contribution >= 0.6 is 7.82 Å². The zero-order valence-corrected chi connectivity index (χ0v) is 33.4. The number of phosphoric acid groups is 1. The summed E-state index contributed by atoms with van der Waals surface area (Å²) in [6.45, 7) is 5.65. The Bertz CT molecular complexity index is 746. The molecule has 0 aromatic heterocycles. The van der Waals surface area contributed by atoms with E-state index >= 15 is 0 Å². The first-order valence-corrected chi connectivity index (χ1v) is 21.8. The molecule has 0 aliphatic heterocycles. The van der Waals surface area contributed by atoms with Crippen molar-refractivity contribution in [2.45, 2.75) is 193 Å². The average molecular weight is 707 g/mol. The third-order valence-corrected chi connectivity index (χ3v) is 9.90. The van der Waals surface area contributed by atoms with E-state index in [1.807, 2.05) is 21.1 Å². The highest BCUT2D eigenvalue weighted by atomic mass is 31.2. The van der Waals surface area contributed by atoms with Gasteiger partial charge in [-0.15, -0.1) is 0 Å². The highest BCUT2D eigenvalue weighted by Gasteiger charge is 2.26. The molecule has 0 spiro atoms. The Labute approximate surface area is 298 Å². The topological polar surface area (TPSA) is 91.3 Å². The summed E-state index contributed by atoms with van der Waals surface area (Å²) in [4.78, 5) is 22.7. The number of esters is 1. The molecule has 0 saturated heterocycles. The largest absolute Gasteiger partial charge is 0.472 e. The van der Waals surface area contributed by atoms with Crippen molar-refractivity contribution in [2.24, 2.45) is 0 Å². The molecule has 0 amide bonds. The maximum absolute atomic E-state index is 12.6. The molecule has 288 valence electrons. The molecular weight excluding hydrogens is 625 g/mol. The smallest absolute Gasteiger partial charge is 0.457 e. The molecule has 0 aliphatic carbocycles. The molecule has 0 aromatic rings. The number of nitrogens with zero attached hydrogens (tertiary/aromatic N) is 1. The van der Waals surface area contributed by atoms with Gasteiger partial charge in [0.2, 0.25) is 0 Å². The van der Waals surface area contributed by atoms with E-state index in [0.29, 0.717) is 24.1 Å². The van der Waals surface area contributed by atoms with Crippen LogP contribution in [0.15, 0.2) is 0 Å². The molecule has 0 aromatic carbocycles. The number of quaternary nitrogens is 1. The Hall–Kier alpha value is -0.500. The Kier molecular flexibility index (Phi) is 33.3. The summed E-state index contributed by atoms with van der Waals surface area (Å²) in [5, 5.41) is 0. The van der Waals surface area contributed by atoms with E-state index in [4.69, 9.17) is 18.5 Å². The van der Waals surface area contributed by atoms with Crippen LogP contribution < -0.4 is 0 Å². The van der Waals surface area contributed by atoms with Crippen molar-refractivity contribution in [3.8, 4) is 0 Å². The predicted molar refractivity (Wildman–Crippen MR) is 201 cm³/mol. The summed E-state index contributed by atoms with van der Waals surface area (Å²) in [5.41, 5.74) is 0. The van der Waals surface area contributed by atoms with E-state index in [9.17, 15) is 14.3 Å². The zero-order valence-electron chi connectivity index (χ0n) is 32.5. The standard InChI is InChI=1S/C39H80NO7P/c1-6-8-10-12-14-16-18-19-20-21-22-23-25-27-29-31-34-44-36-38(37-46-48(42,43)45-35-33-40(3,4)5)47-39(41)32-30-28-26-24-17-15-13-11-9-7-2/h38H,6-37H2,1-5H3/p+1/t38-/m1/s1. The minimum Gasteiger partial charge on any atom is -0.457 e. The van der Waals surface area contributed by atoms with Crippen LogP contribution in [0.3, 0.4) is 0 Å². The first-order chi connectivity index (χ1) is 23.1. The second-order valence-electron chi connectivity index (χ2n) is 15.0. The molecule has 1 unspecified atom stereocenters. The normalized spacial score (nSPS) is 13.9. The molecule has 0 saturated carbocycles. The predicted octanol–water partition coefficient (Wildman–Crippen LogP) is 11.3.